The Labute approximate surface area is 379 Å². The fraction of sp³-hybridized carbons (Fsp3) is 0.373. The fourth-order valence-electron chi connectivity index (χ4n) is 9.32. The van der Waals surface area contributed by atoms with Crippen LogP contribution in [0.3, 0.4) is 0 Å². The van der Waals surface area contributed by atoms with Crippen molar-refractivity contribution in [2.24, 2.45) is 11.8 Å². The number of imidazole rings is 2. The fourth-order valence-corrected chi connectivity index (χ4v) is 9.32. The number of hydrogen-bond donors (Lipinski definition) is 4. The first-order chi connectivity index (χ1) is 31.4. The zero-order valence-corrected chi connectivity index (χ0v) is 37.8. The van der Waals surface area contributed by atoms with Crippen molar-refractivity contribution in [1.29, 1.82) is 0 Å². The second-order valence-electron chi connectivity index (χ2n) is 17.8. The number of aromatic amines is 2. The van der Waals surface area contributed by atoms with E-state index in [0.29, 0.717) is 25.3 Å². The van der Waals surface area contributed by atoms with E-state index in [1.54, 1.807) is 0 Å². The third kappa shape index (κ3) is 9.62. The van der Waals surface area contributed by atoms with Gasteiger partial charge >= 0.3 is 12.2 Å². The molecule has 0 bridgehead atoms. The number of H-pyrrole nitrogens is 2. The number of alkyl carbamates (subject to hydrolysis) is 2. The number of hydrogen-bond acceptors (Lipinski definition) is 8. The van der Waals surface area contributed by atoms with Crippen LogP contribution in [0.2, 0.25) is 0 Å². The predicted octanol–water partition coefficient (Wildman–Crippen LogP) is 8.60. The summed E-state index contributed by atoms with van der Waals surface area (Å²) in [7, 11) is 2.59. The topological polar surface area (TPSA) is 175 Å². The largest absolute Gasteiger partial charge is 0.453 e. The van der Waals surface area contributed by atoms with Gasteiger partial charge in [0.05, 0.1) is 50.1 Å². The van der Waals surface area contributed by atoms with E-state index in [1.807, 2.05) is 68.1 Å². The SMILES string of the molecule is COC(=O)N[C@H](C(=O)N1CCC[C@H]1c1ncc(-c2ccc3c(c2)CC=CC(c2ccc(-c4cnc([C@@H]5C[C@@H](c6ccccc6)CN5C(=O)[C@@H](NC(=O)OC)C(C)C)[nH]4)cc2)=C3)[nH]1)C(C)C. The second-order valence-corrected chi connectivity index (χ2v) is 17.8. The summed E-state index contributed by atoms with van der Waals surface area (Å²) in [5.41, 5.74) is 9.36. The molecule has 0 saturated carbocycles. The molecule has 3 aromatic carbocycles. The molecule has 4 heterocycles. The Balaban J connectivity index is 0.973. The molecule has 14 nitrogen and oxygen atoms in total. The van der Waals surface area contributed by atoms with Crippen molar-refractivity contribution in [3.63, 3.8) is 0 Å². The summed E-state index contributed by atoms with van der Waals surface area (Å²) in [4.78, 5) is 72.4. The minimum Gasteiger partial charge on any atom is -0.453 e. The lowest BCUT2D eigenvalue weighted by molar-refractivity contribution is -0.136. The van der Waals surface area contributed by atoms with Crippen LogP contribution in [0.15, 0.2) is 97.3 Å². The van der Waals surface area contributed by atoms with Crippen LogP contribution >= 0.6 is 0 Å². The quantitative estimate of drug-likeness (QED) is 0.0964. The van der Waals surface area contributed by atoms with Crippen LogP contribution in [0, 0.1) is 11.8 Å². The second kappa shape index (κ2) is 19.4. The monoisotopic (exact) mass is 878 g/mol. The van der Waals surface area contributed by atoms with Gasteiger partial charge in [-0.05, 0) is 88.6 Å². The van der Waals surface area contributed by atoms with Gasteiger partial charge in [-0.25, -0.2) is 19.6 Å². The first kappa shape index (κ1) is 44.6. The van der Waals surface area contributed by atoms with Crippen molar-refractivity contribution in [1.82, 2.24) is 40.4 Å². The number of nitrogens with zero attached hydrogens (tertiary/aromatic N) is 4. The molecule has 2 aromatic heterocycles. The number of aromatic nitrogens is 4. The molecule has 2 saturated heterocycles. The number of rotatable bonds is 12. The molecule has 0 spiro atoms. The zero-order valence-electron chi connectivity index (χ0n) is 37.8. The maximum atomic E-state index is 14.2. The van der Waals surface area contributed by atoms with Crippen LogP contribution in [0.4, 0.5) is 9.59 Å². The molecule has 1 aliphatic carbocycles. The summed E-state index contributed by atoms with van der Waals surface area (Å²) in [6.07, 6.45) is 12.0. The zero-order chi connectivity index (χ0) is 45.8. The molecule has 5 atom stereocenters. The lowest BCUT2D eigenvalue weighted by Gasteiger charge is -2.30. The Bertz CT molecular complexity index is 2580. The number of amides is 4. The predicted molar refractivity (Wildman–Crippen MR) is 249 cm³/mol. The number of allylic oxidation sites excluding steroid dienone is 3. The highest BCUT2D eigenvalue weighted by atomic mass is 16.5. The van der Waals surface area contributed by atoms with E-state index in [9.17, 15) is 19.2 Å². The van der Waals surface area contributed by atoms with E-state index < -0.39 is 24.3 Å². The molecule has 3 aliphatic rings. The first-order valence-corrected chi connectivity index (χ1v) is 22.5. The Morgan fingerprint density at radius 1 is 0.723 bits per heavy atom. The molecule has 0 radical (unpaired) electrons. The number of fused-ring (bicyclic) bond motifs is 1. The van der Waals surface area contributed by atoms with Gasteiger partial charge in [0.2, 0.25) is 11.8 Å². The van der Waals surface area contributed by atoms with Crippen LogP contribution < -0.4 is 10.6 Å². The van der Waals surface area contributed by atoms with E-state index in [0.717, 1.165) is 69.9 Å². The van der Waals surface area contributed by atoms with Gasteiger partial charge in [-0.2, -0.15) is 0 Å². The number of carbonyl (C=O) groups is 4. The van der Waals surface area contributed by atoms with E-state index in [-0.39, 0.29) is 41.7 Å². The van der Waals surface area contributed by atoms with Gasteiger partial charge in [-0.1, -0.05) is 107 Å². The van der Waals surface area contributed by atoms with E-state index >= 15 is 0 Å². The number of carbonyl (C=O) groups excluding carboxylic acids is 4. The van der Waals surface area contributed by atoms with Crippen molar-refractivity contribution in [2.45, 2.75) is 83.5 Å². The number of ether oxygens (including phenoxy) is 2. The number of methoxy groups -OCH3 is 2. The highest BCUT2D eigenvalue weighted by molar-refractivity contribution is 5.90. The summed E-state index contributed by atoms with van der Waals surface area (Å²) in [5, 5.41) is 5.47. The first-order valence-electron chi connectivity index (χ1n) is 22.5. The van der Waals surface area contributed by atoms with Gasteiger partial charge in [-0.3, -0.25) is 9.59 Å². The van der Waals surface area contributed by atoms with Crippen LogP contribution in [0.1, 0.15) is 98.9 Å². The van der Waals surface area contributed by atoms with Crippen molar-refractivity contribution in [3.05, 3.63) is 131 Å². The minimum atomic E-state index is -0.746. The van der Waals surface area contributed by atoms with Gasteiger partial charge < -0.3 is 39.9 Å². The number of benzene rings is 3. The van der Waals surface area contributed by atoms with Crippen molar-refractivity contribution >= 4 is 35.6 Å². The van der Waals surface area contributed by atoms with Crippen LogP contribution in [-0.4, -0.2) is 93.1 Å². The van der Waals surface area contributed by atoms with Crippen molar-refractivity contribution < 1.29 is 28.7 Å². The summed E-state index contributed by atoms with van der Waals surface area (Å²) in [6.45, 7) is 8.74. The van der Waals surface area contributed by atoms with E-state index in [4.69, 9.17) is 19.4 Å². The molecule has 4 amide bonds. The maximum Gasteiger partial charge on any atom is 0.407 e. The summed E-state index contributed by atoms with van der Waals surface area (Å²) in [5.74, 6) is 0.978. The Morgan fingerprint density at radius 2 is 1.31 bits per heavy atom. The highest BCUT2D eigenvalue weighted by Crippen LogP contribution is 2.41. The molecule has 5 aromatic rings. The molecule has 2 aliphatic heterocycles. The van der Waals surface area contributed by atoms with Gasteiger partial charge in [0, 0.05) is 19.0 Å². The average Bonchev–Trinajstić information content (AvgIpc) is 4.16. The summed E-state index contributed by atoms with van der Waals surface area (Å²) < 4.78 is 9.64. The summed E-state index contributed by atoms with van der Waals surface area (Å²) >= 11 is 0. The Kier molecular flexibility index (Phi) is 13.3. The van der Waals surface area contributed by atoms with Crippen molar-refractivity contribution in [2.75, 3.05) is 27.3 Å². The van der Waals surface area contributed by atoms with Gasteiger partial charge in [0.15, 0.2) is 0 Å². The lowest BCUT2D eigenvalue weighted by atomic mass is 9.96. The van der Waals surface area contributed by atoms with Gasteiger partial charge in [0.25, 0.3) is 0 Å². The molecule has 65 heavy (non-hydrogen) atoms. The molecule has 0 unspecified atom stereocenters. The number of nitrogens with one attached hydrogen (secondary N) is 4. The Hall–Kier alpha value is -6.96. The molecule has 8 rings (SSSR count). The molecular weight excluding hydrogens is 821 g/mol. The average molecular weight is 879 g/mol. The van der Waals surface area contributed by atoms with E-state index in [2.05, 4.69) is 93.4 Å². The third-order valence-corrected chi connectivity index (χ3v) is 12.9. The highest BCUT2D eigenvalue weighted by Gasteiger charge is 2.42. The normalized spacial score (nSPS) is 19.1. The van der Waals surface area contributed by atoms with Crippen LogP contribution in [0.5, 0.6) is 0 Å². The van der Waals surface area contributed by atoms with Crippen molar-refractivity contribution in [3.8, 4) is 22.5 Å². The smallest absolute Gasteiger partial charge is 0.407 e. The molecular formula is C51H58N8O6. The van der Waals surface area contributed by atoms with Gasteiger partial charge in [-0.15, -0.1) is 0 Å². The minimum absolute atomic E-state index is 0.106. The molecule has 2 fully saturated rings. The van der Waals surface area contributed by atoms with Gasteiger partial charge in [0.1, 0.15) is 23.7 Å². The molecule has 14 heteroatoms. The lowest BCUT2D eigenvalue weighted by Crippen LogP contribution is -2.51. The summed E-state index contributed by atoms with van der Waals surface area (Å²) in [6, 6.07) is 23.1. The van der Waals surface area contributed by atoms with E-state index in [1.165, 1.54) is 19.8 Å². The molecule has 4 N–H and O–H groups in total. The van der Waals surface area contributed by atoms with Crippen LogP contribution in [-0.2, 0) is 25.5 Å². The van der Waals surface area contributed by atoms with Crippen LogP contribution in [0.25, 0.3) is 34.2 Å². The number of likely N-dealkylation sites (tertiary alicyclic amines) is 2. The maximum absolute atomic E-state index is 14.2. The standard InChI is InChI=1S/C51H58N8O6/c1-30(2)44(56-50(62)64-5)48(60)58-23-11-16-42(58)46-52-28-41(55-46)38-22-21-37-24-35(14-10-15-36(37)25-38)33-17-19-34(20-18-33)40-27-53-47(54-40)43-26-39(32-12-8-7-9-13-32)29-59(43)49(61)45(31(3)4)57-51(63)65-6/h7-10,12-14,17-22,24-25,27-28,30-31,39,42-45H,11,15-16,23,26,29H2,1-6H3,(H,52,55)(H,53,54)(H,56,62)(H,57,63)/t39-,42+,43+,44+,45+/m1/s1. The molecule has 338 valence electrons. The Morgan fingerprint density at radius 3 is 1.94 bits per heavy atom. The third-order valence-electron chi connectivity index (χ3n) is 12.9.